The van der Waals surface area contributed by atoms with Crippen LogP contribution in [0.4, 0.5) is 11.5 Å². The number of nitrogens with zero attached hydrogens (tertiary/aromatic N) is 3. The zero-order valence-electron chi connectivity index (χ0n) is 14.2. The highest BCUT2D eigenvalue weighted by molar-refractivity contribution is 6.03. The molecule has 1 aromatic heterocycles. The first-order chi connectivity index (χ1) is 12.7. The van der Waals surface area contributed by atoms with E-state index in [0.29, 0.717) is 23.6 Å². The molecule has 6 nitrogen and oxygen atoms in total. The van der Waals surface area contributed by atoms with Crippen molar-refractivity contribution < 1.29 is 4.79 Å². The number of aromatic nitrogens is 2. The zero-order chi connectivity index (χ0) is 18.4. The van der Waals surface area contributed by atoms with Crippen LogP contribution >= 0.6 is 0 Å². The van der Waals surface area contributed by atoms with Crippen LogP contribution in [0.1, 0.15) is 27.2 Å². The number of carbonyl (C=O) groups excluding carboxylic acids is 1. The highest BCUT2D eigenvalue weighted by Crippen LogP contribution is 2.15. The van der Waals surface area contributed by atoms with Gasteiger partial charge in [-0.1, -0.05) is 42.0 Å². The molecular weight excluding hydrogens is 326 g/mol. The largest absolute Gasteiger partial charge is 0.366 e. The van der Waals surface area contributed by atoms with Gasteiger partial charge in [0.2, 0.25) is 0 Å². The van der Waals surface area contributed by atoms with Crippen molar-refractivity contribution in [1.82, 2.24) is 9.97 Å². The minimum atomic E-state index is -0.395. The Morgan fingerprint density at radius 1 is 1.12 bits per heavy atom. The Morgan fingerprint density at radius 3 is 2.77 bits per heavy atom. The SMILES string of the molecule is Cc1cccc(CNc2cc(C(=O)Nc3ccccc3C#N)ncn2)c1. The maximum absolute atomic E-state index is 12.4. The zero-order valence-corrected chi connectivity index (χ0v) is 14.2. The average Bonchev–Trinajstić information content (AvgIpc) is 2.67. The van der Waals surface area contributed by atoms with Crippen molar-refractivity contribution in [3.05, 3.63) is 83.3 Å². The standard InChI is InChI=1S/C20H17N5O/c1-14-5-4-6-15(9-14)12-22-19-10-18(23-13-24-19)20(26)25-17-8-3-2-7-16(17)11-21/h2-10,13H,12H2,1H3,(H,25,26)(H,22,23,24). The Hall–Kier alpha value is -3.72. The van der Waals surface area contributed by atoms with Crippen molar-refractivity contribution in [2.75, 3.05) is 10.6 Å². The van der Waals surface area contributed by atoms with Crippen LogP contribution in [0.15, 0.2) is 60.9 Å². The van der Waals surface area contributed by atoms with E-state index in [-0.39, 0.29) is 5.69 Å². The van der Waals surface area contributed by atoms with E-state index >= 15 is 0 Å². The van der Waals surface area contributed by atoms with Crippen LogP contribution in [0.2, 0.25) is 0 Å². The number of hydrogen-bond acceptors (Lipinski definition) is 5. The summed E-state index contributed by atoms with van der Waals surface area (Å²) >= 11 is 0. The van der Waals surface area contributed by atoms with Gasteiger partial charge in [0.05, 0.1) is 11.3 Å². The molecule has 0 aliphatic carbocycles. The lowest BCUT2D eigenvalue weighted by molar-refractivity contribution is 0.102. The molecule has 0 spiro atoms. The molecule has 3 rings (SSSR count). The van der Waals surface area contributed by atoms with Gasteiger partial charge in [0.15, 0.2) is 0 Å². The fraction of sp³-hybridized carbons (Fsp3) is 0.100. The minimum absolute atomic E-state index is 0.222. The predicted molar refractivity (Wildman–Crippen MR) is 99.6 cm³/mol. The number of hydrogen-bond donors (Lipinski definition) is 2. The normalized spacial score (nSPS) is 10.0. The summed E-state index contributed by atoms with van der Waals surface area (Å²) in [6.45, 7) is 2.63. The van der Waals surface area contributed by atoms with Crippen molar-refractivity contribution in [3.63, 3.8) is 0 Å². The van der Waals surface area contributed by atoms with Crippen LogP contribution < -0.4 is 10.6 Å². The van der Waals surface area contributed by atoms with Gasteiger partial charge in [-0.2, -0.15) is 5.26 Å². The Kier molecular flexibility index (Phi) is 5.20. The number of nitriles is 1. The van der Waals surface area contributed by atoms with Crippen molar-refractivity contribution in [3.8, 4) is 6.07 Å². The third-order valence-electron chi connectivity index (χ3n) is 3.75. The summed E-state index contributed by atoms with van der Waals surface area (Å²) in [5.74, 6) is 0.161. The van der Waals surface area contributed by atoms with Crippen molar-refractivity contribution in [2.24, 2.45) is 0 Å². The topological polar surface area (TPSA) is 90.7 Å². The number of carbonyl (C=O) groups is 1. The van der Waals surface area contributed by atoms with E-state index in [9.17, 15) is 4.79 Å². The van der Waals surface area contributed by atoms with Gasteiger partial charge >= 0.3 is 0 Å². The van der Waals surface area contributed by atoms with Crippen LogP contribution in [0, 0.1) is 18.3 Å². The Balaban J connectivity index is 1.70. The Morgan fingerprint density at radius 2 is 1.96 bits per heavy atom. The van der Waals surface area contributed by atoms with Gasteiger partial charge < -0.3 is 10.6 Å². The molecule has 1 heterocycles. The van der Waals surface area contributed by atoms with Crippen LogP contribution in [0.5, 0.6) is 0 Å². The molecule has 0 aliphatic heterocycles. The quantitative estimate of drug-likeness (QED) is 0.739. The van der Waals surface area contributed by atoms with E-state index in [0.717, 1.165) is 5.56 Å². The van der Waals surface area contributed by atoms with Gasteiger partial charge in [-0.15, -0.1) is 0 Å². The lowest BCUT2D eigenvalue weighted by Gasteiger charge is -2.09. The number of para-hydroxylation sites is 1. The molecule has 1 amide bonds. The first kappa shape index (κ1) is 17.1. The average molecular weight is 343 g/mol. The fourth-order valence-corrected chi connectivity index (χ4v) is 2.47. The highest BCUT2D eigenvalue weighted by Gasteiger charge is 2.11. The van der Waals surface area contributed by atoms with E-state index in [1.165, 1.54) is 11.9 Å². The Bertz CT molecular complexity index is 978. The molecule has 0 aliphatic rings. The van der Waals surface area contributed by atoms with Crippen LogP contribution in [-0.4, -0.2) is 15.9 Å². The van der Waals surface area contributed by atoms with Crippen LogP contribution in [-0.2, 0) is 6.54 Å². The lowest BCUT2D eigenvalue weighted by Crippen LogP contribution is -2.15. The molecule has 0 bridgehead atoms. The van der Waals surface area contributed by atoms with Gasteiger partial charge in [-0.3, -0.25) is 4.79 Å². The molecule has 6 heteroatoms. The summed E-state index contributed by atoms with van der Waals surface area (Å²) < 4.78 is 0. The number of rotatable bonds is 5. The minimum Gasteiger partial charge on any atom is -0.366 e. The van der Waals surface area contributed by atoms with Crippen LogP contribution in [0.25, 0.3) is 0 Å². The summed E-state index contributed by atoms with van der Waals surface area (Å²) in [5, 5.41) is 15.0. The van der Waals surface area contributed by atoms with E-state index in [1.54, 1.807) is 30.3 Å². The Labute approximate surface area is 151 Å². The maximum atomic E-state index is 12.4. The van der Waals surface area contributed by atoms with Gasteiger partial charge in [-0.25, -0.2) is 9.97 Å². The molecule has 0 unspecified atom stereocenters. The van der Waals surface area contributed by atoms with E-state index in [1.807, 2.05) is 31.2 Å². The van der Waals surface area contributed by atoms with Crippen LogP contribution in [0.3, 0.4) is 0 Å². The van der Waals surface area contributed by atoms with E-state index in [4.69, 9.17) is 5.26 Å². The van der Waals surface area contributed by atoms with Gasteiger partial charge in [0.1, 0.15) is 23.9 Å². The molecular formula is C20H17N5O. The summed E-state index contributed by atoms with van der Waals surface area (Å²) in [5.41, 5.74) is 3.38. The predicted octanol–water partition coefficient (Wildman–Crippen LogP) is 3.52. The molecule has 0 radical (unpaired) electrons. The monoisotopic (exact) mass is 343 g/mol. The number of aryl methyl sites for hydroxylation is 1. The second-order valence-electron chi connectivity index (χ2n) is 5.74. The van der Waals surface area contributed by atoms with Crippen molar-refractivity contribution >= 4 is 17.4 Å². The number of nitrogens with one attached hydrogen (secondary N) is 2. The molecule has 3 aromatic rings. The smallest absolute Gasteiger partial charge is 0.274 e. The first-order valence-corrected chi connectivity index (χ1v) is 8.07. The summed E-state index contributed by atoms with van der Waals surface area (Å²) in [7, 11) is 0. The van der Waals surface area contributed by atoms with Crippen molar-refractivity contribution in [2.45, 2.75) is 13.5 Å². The number of amides is 1. The number of anilines is 2. The molecule has 0 saturated heterocycles. The maximum Gasteiger partial charge on any atom is 0.274 e. The van der Waals surface area contributed by atoms with Gasteiger partial charge in [0, 0.05) is 12.6 Å². The van der Waals surface area contributed by atoms with Crippen molar-refractivity contribution in [1.29, 1.82) is 5.26 Å². The second-order valence-corrected chi connectivity index (χ2v) is 5.74. The summed E-state index contributed by atoms with van der Waals surface area (Å²) in [6.07, 6.45) is 1.34. The lowest BCUT2D eigenvalue weighted by atomic mass is 10.1. The summed E-state index contributed by atoms with van der Waals surface area (Å²) in [4.78, 5) is 20.6. The van der Waals surface area contributed by atoms with E-state index < -0.39 is 5.91 Å². The first-order valence-electron chi connectivity index (χ1n) is 8.07. The molecule has 0 fully saturated rings. The van der Waals surface area contributed by atoms with E-state index in [2.05, 4.69) is 26.7 Å². The highest BCUT2D eigenvalue weighted by atomic mass is 16.1. The molecule has 2 N–H and O–H groups in total. The van der Waals surface area contributed by atoms with Gasteiger partial charge in [-0.05, 0) is 24.6 Å². The molecule has 128 valence electrons. The third kappa shape index (κ3) is 4.22. The third-order valence-corrected chi connectivity index (χ3v) is 3.75. The number of benzene rings is 2. The summed E-state index contributed by atoms with van der Waals surface area (Å²) in [6, 6.07) is 18.6. The molecule has 2 aromatic carbocycles. The van der Waals surface area contributed by atoms with Gasteiger partial charge in [0.25, 0.3) is 5.91 Å². The fourth-order valence-electron chi connectivity index (χ4n) is 2.47. The molecule has 0 saturated carbocycles. The second kappa shape index (κ2) is 7.90. The molecule has 26 heavy (non-hydrogen) atoms. The molecule has 0 atom stereocenters.